The highest BCUT2D eigenvalue weighted by molar-refractivity contribution is 14.0. The summed E-state index contributed by atoms with van der Waals surface area (Å²) in [7, 11) is 0. The number of amides is 1. The molecule has 4 rings (SSSR count). The Bertz CT molecular complexity index is 951. The molecule has 0 aliphatic carbocycles. The Hall–Kier alpha value is -2.49. The molecule has 0 spiro atoms. The number of carbonyl (C=O) groups excluding carboxylic acids is 1. The van der Waals surface area contributed by atoms with Crippen LogP contribution in [0.4, 0.5) is 0 Å². The zero-order valence-electron chi connectivity index (χ0n) is 18.4. The second-order valence-electron chi connectivity index (χ2n) is 7.75. The van der Waals surface area contributed by atoms with Gasteiger partial charge < -0.3 is 25.0 Å². The molecule has 8 heteroatoms. The van der Waals surface area contributed by atoms with Gasteiger partial charge in [-0.2, -0.15) is 0 Å². The van der Waals surface area contributed by atoms with E-state index < -0.39 is 0 Å². The zero-order valence-corrected chi connectivity index (χ0v) is 20.8. The molecule has 0 saturated carbocycles. The molecule has 0 unspecified atom stereocenters. The van der Waals surface area contributed by atoms with E-state index in [1.54, 1.807) is 0 Å². The second kappa shape index (κ2) is 11.9. The molecule has 7 nitrogen and oxygen atoms in total. The molecule has 0 radical (unpaired) electrons. The molecule has 32 heavy (non-hydrogen) atoms. The van der Waals surface area contributed by atoms with Gasteiger partial charge in [-0.3, -0.25) is 4.79 Å². The van der Waals surface area contributed by atoms with Crippen molar-refractivity contribution in [2.24, 2.45) is 4.99 Å². The third-order valence-electron chi connectivity index (χ3n) is 5.54. The lowest BCUT2D eigenvalue weighted by atomic mass is 9.99. The summed E-state index contributed by atoms with van der Waals surface area (Å²) in [4.78, 5) is 19.2. The van der Waals surface area contributed by atoms with Crippen LogP contribution in [0.3, 0.4) is 0 Å². The van der Waals surface area contributed by atoms with Crippen LogP contribution in [0.25, 0.3) is 0 Å². The minimum Gasteiger partial charge on any atom is -0.454 e. The molecule has 2 aromatic carbocycles. The van der Waals surface area contributed by atoms with Gasteiger partial charge in [0.25, 0.3) is 0 Å². The van der Waals surface area contributed by atoms with Crippen molar-refractivity contribution in [3.8, 4) is 11.5 Å². The highest BCUT2D eigenvalue weighted by atomic mass is 127. The normalized spacial score (nSPS) is 14.4. The summed E-state index contributed by atoms with van der Waals surface area (Å²) in [5, 5.41) is 6.58. The minimum absolute atomic E-state index is 0. The third-order valence-corrected chi connectivity index (χ3v) is 5.54. The van der Waals surface area contributed by atoms with E-state index in [-0.39, 0.29) is 36.7 Å². The van der Waals surface area contributed by atoms with E-state index in [1.165, 1.54) is 11.1 Å². The summed E-state index contributed by atoms with van der Waals surface area (Å²) in [6.07, 6.45) is 2.25. The van der Waals surface area contributed by atoms with Crippen molar-refractivity contribution in [1.29, 1.82) is 0 Å². The van der Waals surface area contributed by atoms with E-state index in [2.05, 4.69) is 33.8 Å². The Morgan fingerprint density at radius 1 is 1.09 bits per heavy atom. The fourth-order valence-electron chi connectivity index (χ4n) is 3.86. The lowest BCUT2D eigenvalue weighted by Crippen LogP contribution is -2.39. The average molecular weight is 550 g/mol. The predicted molar refractivity (Wildman–Crippen MR) is 136 cm³/mol. The Balaban J connectivity index is 0.00000289. The van der Waals surface area contributed by atoms with Crippen LogP contribution in [0.5, 0.6) is 11.5 Å². The molecule has 2 N–H and O–H groups in total. The predicted octanol–water partition coefficient (Wildman–Crippen LogP) is 3.45. The first-order valence-corrected chi connectivity index (χ1v) is 11.0. The van der Waals surface area contributed by atoms with Gasteiger partial charge in [-0.25, -0.2) is 4.99 Å². The number of aliphatic imine (C=N–C) groups is 1. The average Bonchev–Trinajstić information content (AvgIpc) is 3.27. The SMILES string of the molecule is CCNC(=NCc1ccc2c(c1)OCO2)NCCCC(=O)N1CCc2ccccc2C1.I. The van der Waals surface area contributed by atoms with Gasteiger partial charge in [0.2, 0.25) is 12.7 Å². The molecule has 0 atom stereocenters. The number of guanidine groups is 1. The maximum absolute atomic E-state index is 12.6. The largest absolute Gasteiger partial charge is 0.454 e. The van der Waals surface area contributed by atoms with Crippen LogP contribution in [0.15, 0.2) is 47.5 Å². The molecule has 2 aromatic rings. The molecule has 0 bridgehead atoms. The van der Waals surface area contributed by atoms with Crippen molar-refractivity contribution < 1.29 is 14.3 Å². The van der Waals surface area contributed by atoms with Gasteiger partial charge in [0.15, 0.2) is 17.5 Å². The number of halogens is 1. The number of hydrogen-bond donors (Lipinski definition) is 2. The molecular formula is C24H31IN4O3. The number of ether oxygens (including phenoxy) is 2. The summed E-state index contributed by atoms with van der Waals surface area (Å²) < 4.78 is 10.8. The first-order valence-electron chi connectivity index (χ1n) is 11.0. The highest BCUT2D eigenvalue weighted by Crippen LogP contribution is 2.32. The van der Waals surface area contributed by atoms with Crippen LogP contribution < -0.4 is 20.1 Å². The number of rotatable bonds is 7. The second-order valence-corrected chi connectivity index (χ2v) is 7.75. The molecule has 0 aromatic heterocycles. The number of carbonyl (C=O) groups is 1. The van der Waals surface area contributed by atoms with E-state index in [4.69, 9.17) is 9.47 Å². The van der Waals surface area contributed by atoms with Gasteiger partial charge in [0, 0.05) is 32.6 Å². The fraction of sp³-hybridized carbons (Fsp3) is 0.417. The molecule has 172 valence electrons. The Morgan fingerprint density at radius 2 is 1.91 bits per heavy atom. The summed E-state index contributed by atoms with van der Waals surface area (Å²) in [6, 6.07) is 14.3. The van der Waals surface area contributed by atoms with E-state index >= 15 is 0 Å². The first kappa shape index (κ1) is 24.2. The molecule has 0 saturated heterocycles. The monoisotopic (exact) mass is 550 g/mol. The van der Waals surface area contributed by atoms with Crippen LogP contribution >= 0.6 is 24.0 Å². The van der Waals surface area contributed by atoms with Crippen molar-refractivity contribution >= 4 is 35.8 Å². The molecular weight excluding hydrogens is 519 g/mol. The van der Waals surface area contributed by atoms with Crippen molar-refractivity contribution in [3.05, 3.63) is 59.2 Å². The third kappa shape index (κ3) is 6.27. The van der Waals surface area contributed by atoms with Gasteiger partial charge in [-0.15, -0.1) is 24.0 Å². The Kier molecular flexibility index (Phi) is 9.01. The molecule has 0 fully saturated rings. The summed E-state index contributed by atoms with van der Waals surface area (Å²) in [5.74, 6) is 2.52. The maximum atomic E-state index is 12.6. The first-order chi connectivity index (χ1) is 15.2. The highest BCUT2D eigenvalue weighted by Gasteiger charge is 2.19. The van der Waals surface area contributed by atoms with Crippen LogP contribution in [0, 0.1) is 0 Å². The van der Waals surface area contributed by atoms with Gasteiger partial charge in [0.1, 0.15) is 0 Å². The quantitative estimate of drug-likeness (QED) is 0.239. The molecule has 2 aliphatic heterocycles. The maximum Gasteiger partial charge on any atom is 0.231 e. The molecule has 1 amide bonds. The standard InChI is InChI=1S/C24H30N4O3.HI/c1-2-25-24(27-15-18-9-10-21-22(14-18)31-17-30-21)26-12-5-8-23(29)28-13-11-19-6-3-4-7-20(19)16-28;/h3-4,6-7,9-10,14H,2,5,8,11-13,15-17H2,1H3,(H2,25,26,27);1H. The summed E-state index contributed by atoms with van der Waals surface area (Å²) >= 11 is 0. The summed E-state index contributed by atoms with van der Waals surface area (Å²) in [6.45, 7) is 5.86. The van der Waals surface area contributed by atoms with Crippen LogP contribution in [-0.2, 0) is 24.3 Å². The summed E-state index contributed by atoms with van der Waals surface area (Å²) in [5.41, 5.74) is 3.69. The van der Waals surface area contributed by atoms with Crippen LogP contribution in [0.2, 0.25) is 0 Å². The van der Waals surface area contributed by atoms with E-state index in [0.717, 1.165) is 55.5 Å². The van der Waals surface area contributed by atoms with Gasteiger partial charge >= 0.3 is 0 Å². The molecule has 2 heterocycles. The number of nitrogens with zero attached hydrogens (tertiary/aromatic N) is 2. The minimum atomic E-state index is 0. The van der Waals surface area contributed by atoms with E-state index in [0.29, 0.717) is 19.5 Å². The van der Waals surface area contributed by atoms with Crippen molar-refractivity contribution in [2.45, 2.75) is 39.3 Å². The number of nitrogens with one attached hydrogen (secondary N) is 2. The van der Waals surface area contributed by atoms with Gasteiger partial charge in [-0.05, 0) is 48.6 Å². The van der Waals surface area contributed by atoms with Crippen LogP contribution in [0.1, 0.15) is 36.5 Å². The van der Waals surface area contributed by atoms with Crippen LogP contribution in [-0.4, -0.2) is 43.2 Å². The Labute approximate surface area is 206 Å². The van der Waals surface area contributed by atoms with Crippen molar-refractivity contribution in [3.63, 3.8) is 0 Å². The lowest BCUT2D eigenvalue weighted by Gasteiger charge is -2.29. The number of hydrogen-bond acceptors (Lipinski definition) is 4. The van der Waals surface area contributed by atoms with Crippen molar-refractivity contribution in [2.75, 3.05) is 26.4 Å². The fourth-order valence-corrected chi connectivity index (χ4v) is 3.86. The number of fused-ring (bicyclic) bond motifs is 2. The van der Waals surface area contributed by atoms with Gasteiger partial charge in [-0.1, -0.05) is 30.3 Å². The Morgan fingerprint density at radius 3 is 2.75 bits per heavy atom. The van der Waals surface area contributed by atoms with E-state index in [9.17, 15) is 4.79 Å². The molecule has 2 aliphatic rings. The zero-order chi connectivity index (χ0) is 21.5. The topological polar surface area (TPSA) is 75.2 Å². The van der Waals surface area contributed by atoms with Gasteiger partial charge in [0.05, 0.1) is 6.54 Å². The smallest absolute Gasteiger partial charge is 0.231 e. The number of benzene rings is 2. The van der Waals surface area contributed by atoms with Crippen molar-refractivity contribution in [1.82, 2.24) is 15.5 Å². The van der Waals surface area contributed by atoms with E-state index in [1.807, 2.05) is 36.1 Å². The lowest BCUT2D eigenvalue weighted by molar-refractivity contribution is -0.132.